The third-order valence-electron chi connectivity index (χ3n) is 2.02. The van der Waals surface area contributed by atoms with Crippen molar-refractivity contribution in [1.29, 1.82) is 0 Å². The molecule has 1 rings (SSSR count). The Morgan fingerprint density at radius 3 is 2.29 bits per heavy atom. The molecule has 0 aliphatic carbocycles. The van der Waals surface area contributed by atoms with Crippen LogP contribution in [0.1, 0.15) is 11.1 Å². The molecule has 0 heterocycles. The molecule has 0 saturated heterocycles. The smallest absolute Gasteiger partial charge is 0.125 e. The Labute approximate surface area is 85.2 Å². The van der Waals surface area contributed by atoms with E-state index in [1.165, 1.54) is 0 Å². The zero-order chi connectivity index (χ0) is 10.6. The average Bonchev–Trinajstić information content (AvgIpc) is 2.16. The largest absolute Gasteiger partial charge is 0.497 e. The van der Waals surface area contributed by atoms with Gasteiger partial charge < -0.3 is 9.47 Å². The number of ether oxygens (including phenoxy) is 2. The molecule has 0 saturated carbocycles. The number of rotatable bonds is 4. The SMILES string of the molecule is C=CCOc1c(C)cc(OC)cc1C. The Balaban J connectivity index is 2.98. The van der Waals surface area contributed by atoms with Gasteiger partial charge in [-0.15, -0.1) is 0 Å². The fourth-order valence-electron chi connectivity index (χ4n) is 1.40. The van der Waals surface area contributed by atoms with Gasteiger partial charge in [-0.25, -0.2) is 0 Å². The highest BCUT2D eigenvalue weighted by molar-refractivity contribution is 5.45. The summed E-state index contributed by atoms with van der Waals surface area (Å²) >= 11 is 0. The van der Waals surface area contributed by atoms with Crippen molar-refractivity contribution in [1.82, 2.24) is 0 Å². The lowest BCUT2D eigenvalue weighted by Gasteiger charge is -2.12. The van der Waals surface area contributed by atoms with Crippen molar-refractivity contribution in [2.24, 2.45) is 0 Å². The molecular weight excluding hydrogens is 176 g/mol. The van der Waals surface area contributed by atoms with Gasteiger partial charge in [0, 0.05) is 0 Å². The van der Waals surface area contributed by atoms with Crippen LogP contribution in [0.2, 0.25) is 0 Å². The maximum atomic E-state index is 5.54. The van der Waals surface area contributed by atoms with Crippen molar-refractivity contribution in [3.8, 4) is 11.5 Å². The number of aryl methyl sites for hydroxylation is 2. The predicted molar refractivity (Wildman–Crippen MR) is 58.2 cm³/mol. The van der Waals surface area contributed by atoms with Gasteiger partial charge >= 0.3 is 0 Å². The molecule has 0 spiro atoms. The molecule has 1 aromatic carbocycles. The molecule has 2 nitrogen and oxygen atoms in total. The zero-order valence-electron chi connectivity index (χ0n) is 8.96. The maximum Gasteiger partial charge on any atom is 0.125 e. The van der Waals surface area contributed by atoms with Crippen molar-refractivity contribution in [2.75, 3.05) is 13.7 Å². The van der Waals surface area contributed by atoms with Crippen molar-refractivity contribution in [3.05, 3.63) is 35.9 Å². The van der Waals surface area contributed by atoms with E-state index in [1.807, 2.05) is 26.0 Å². The van der Waals surface area contributed by atoms with Crippen LogP contribution in [-0.4, -0.2) is 13.7 Å². The molecule has 76 valence electrons. The summed E-state index contributed by atoms with van der Waals surface area (Å²) in [5.41, 5.74) is 2.17. The first-order chi connectivity index (χ1) is 6.69. The van der Waals surface area contributed by atoms with Crippen molar-refractivity contribution in [2.45, 2.75) is 13.8 Å². The van der Waals surface area contributed by atoms with Gasteiger partial charge in [0.15, 0.2) is 0 Å². The maximum absolute atomic E-state index is 5.54. The van der Waals surface area contributed by atoms with E-state index >= 15 is 0 Å². The van der Waals surface area contributed by atoms with Gasteiger partial charge in [0.25, 0.3) is 0 Å². The quantitative estimate of drug-likeness (QED) is 0.683. The molecule has 0 N–H and O–H groups in total. The molecule has 0 radical (unpaired) electrons. The standard InChI is InChI=1S/C12H16O2/c1-5-6-14-12-9(2)7-11(13-4)8-10(12)3/h5,7-8H,1,6H2,2-4H3. The van der Waals surface area contributed by atoms with E-state index in [4.69, 9.17) is 9.47 Å². The predicted octanol–water partition coefficient (Wildman–Crippen LogP) is 2.88. The van der Waals surface area contributed by atoms with Crippen molar-refractivity contribution in [3.63, 3.8) is 0 Å². The van der Waals surface area contributed by atoms with Gasteiger partial charge in [-0.2, -0.15) is 0 Å². The van der Waals surface area contributed by atoms with E-state index in [0.29, 0.717) is 6.61 Å². The van der Waals surface area contributed by atoms with Crippen LogP contribution in [0.25, 0.3) is 0 Å². The average molecular weight is 192 g/mol. The summed E-state index contributed by atoms with van der Waals surface area (Å²) < 4.78 is 10.7. The second-order valence-corrected chi connectivity index (χ2v) is 3.19. The number of benzene rings is 1. The lowest BCUT2D eigenvalue weighted by atomic mass is 10.1. The summed E-state index contributed by atoms with van der Waals surface area (Å²) in [5.74, 6) is 1.79. The highest BCUT2D eigenvalue weighted by atomic mass is 16.5. The van der Waals surface area contributed by atoms with Crippen molar-refractivity contribution < 1.29 is 9.47 Å². The Hall–Kier alpha value is -1.44. The summed E-state index contributed by atoms with van der Waals surface area (Å²) in [6, 6.07) is 3.93. The fourth-order valence-corrected chi connectivity index (χ4v) is 1.40. The van der Waals surface area contributed by atoms with Crippen molar-refractivity contribution >= 4 is 0 Å². The Kier molecular flexibility index (Phi) is 3.57. The first-order valence-corrected chi connectivity index (χ1v) is 4.58. The molecule has 0 fully saturated rings. The third kappa shape index (κ3) is 2.28. The van der Waals surface area contributed by atoms with Gasteiger partial charge in [-0.05, 0) is 37.1 Å². The Morgan fingerprint density at radius 1 is 1.29 bits per heavy atom. The second kappa shape index (κ2) is 4.70. The van der Waals surface area contributed by atoms with E-state index in [0.717, 1.165) is 22.6 Å². The number of hydrogen-bond donors (Lipinski definition) is 0. The molecule has 0 atom stereocenters. The molecule has 0 aromatic heterocycles. The zero-order valence-corrected chi connectivity index (χ0v) is 8.96. The normalized spacial score (nSPS) is 9.64. The highest BCUT2D eigenvalue weighted by Gasteiger charge is 2.05. The summed E-state index contributed by atoms with van der Waals surface area (Å²) in [5, 5.41) is 0. The lowest BCUT2D eigenvalue weighted by Crippen LogP contribution is -1.98. The minimum absolute atomic E-state index is 0.536. The molecule has 0 unspecified atom stereocenters. The van der Waals surface area contributed by atoms with E-state index in [2.05, 4.69) is 6.58 Å². The van der Waals surface area contributed by atoms with Gasteiger partial charge in [0.1, 0.15) is 18.1 Å². The van der Waals surface area contributed by atoms with Crippen LogP contribution in [0, 0.1) is 13.8 Å². The molecule has 0 aliphatic rings. The molecule has 0 amide bonds. The second-order valence-electron chi connectivity index (χ2n) is 3.19. The van der Waals surface area contributed by atoms with Gasteiger partial charge in [-0.3, -0.25) is 0 Å². The molecule has 14 heavy (non-hydrogen) atoms. The summed E-state index contributed by atoms with van der Waals surface area (Å²) in [4.78, 5) is 0. The highest BCUT2D eigenvalue weighted by Crippen LogP contribution is 2.28. The lowest BCUT2D eigenvalue weighted by molar-refractivity contribution is 0.355. The first kappa shape index (κ1) is 10.6. The number of methoxy groups -OCH3 is 1. The molecular formula is C12H16O2. The van der Waals surface area contributed by atoms with Crippen LogP contribution in [0.3, 0.4) is 0 Å². The Morgan fingerprint density at radius 2 is 1.86 bits per heavy atom. The monoisotopic (exact) mass is 192 g/mol. The van der Waals surface area contributed by atoms with E-state index in [1.54, 1.807) is 13.2 Å². The topological polar surface area (TPSA) is 18.5 Å². The summed E-state index contributed by atoms with van der Waals surface area (Å²) in [6.45, 7) is 8.17. The molecule has 0 bridgehead atoms. The third-order valence-corrected chi connectivity index (χ3v) is 2.02. The summed E-state index contributed by atoms with van der Waals surface area (Å²) in [6.07, 6.45) is 1.74. The van der Waals surface area contributed by atoms with E-state index in [-0.39, 0.29) is 0 Å². The van der Waals surface area contributed by atoms with Crippen LogP contribution < -0.4 is 9.47 Å². The molecule has 1 aromatic rings. The Bertz CT molecular complexity index is 306. The van der Waals surface area contributed by atoms with Crippen LogP contribution in [0.5, 0.6) is 11.5 Å². The van der Waals surface area contributed by atoms with Gasteiger partial charge in [0.05, 0.1) is 7.11 Å². The van der Waals surface area contributed by atoms with Crippen LogP contribution >= 0.6 is 0 Å². The number of hydrogen-bond acceptors (Lipinski definition) is 2. The van der Waals surface area contributed by atoms with Gasteiger partial charge in [0.2, 0.25) is 0 Å². The minimum atomic E-state index is 0.536. The molecule has 2 heteroatoms. The fraction of sp³-hybridized carbons (Fsp3) is 0.333. The summed E-state index contributed by atoms with van der Waals surface area (Å²) in [7, 11) is 1.67. The van der Waals surface area contributed by atoms with E-state index < -0.39 is 0 Å². The molecule has 0 aliphatic heterocycles. The van der Waals surface area contributed by atoms with Crippen LogP contribution in [0.15, 0.2) is 24.8 Å². The van der Waals surface area contributed by atoms with Crippen LogP contribution in [-0.2, 0) is 0 Å². The first-order valence-electron chi connectivity index (χ1n) is 4.58. The van der Waals surface area contributed by atoms with E-state index in [9.17, 15) is 0 Å². The van der Waals surface area contributed by atoms with Gasteiger partial charge in [-0.1, -0.05) is 12.7 Å². The van der Waals surface area contributed by atoms with Crippen LogP contribution in [0.4, 0.5) is 0 Å². The minimum Gasteiger partial charge on any atom is -0.497 e.